The number of alkyl halides is 3. The topological polar surface area (TPSA) is 23.6 Å². The number of benzene rings is 2. The number of carbonyl (C=O) groups is 1. The zero-order valence-corrected chi connectivity index (χ0v) is 17.5. The lowest BCUT2D eigenvalue weighted by Crippen LogP contribution is -2.49. The molecule has 1 fully saturated rings. The Balaban J connectivity index is 1.58. The van der Waals surface area contributed by atoms with Gasteiger partial charge in [0.05, 0.1) is 11.4 Å². The number of carbonyl (C=O) groups excluding carboxylic acids is 1. The number of halogens is 4. The van der Waals surface area contributed by atoms with Crippen LogP contribution < -0.4 is 4.90 Å². The number of rotatable bonds is 6. The minimum absolute atomic E-state index is 0.0595. The van der Waals surface area contributed by atoms with Crippen molar-refractivity contribution in [3.05, 3.63) is 59.4 Å². The first-order chi connectivity index (χ1) is 14.2. The number of hydrogen-bond acceptors (Lipinski definition) is 3. The summed E-state index contributed by atoms with van der Waals surface area (Å²) >= 11 is 0.668. The van der Waals surface area contributed by atoms with Gasteiger partial charge >= 0.3 is 6.18 Å². The highest BCUT2D eigenvalue weighted by Gasteiger charge is 2.28. The minimum atomic E-state index is -4.28. The number of hydrogen-bond donors (Lipinski definition) is 0. The molecule has 1 aliphatic rings. The summed E-state index contributed by atoms with van der Waals surface area (Å²) in [6.45, 7) is 3.42. The third-order valence-corrected chi connectivity index (χ3v) is 6.30. The van der Waals surface area contributed by atoms with Gasteiger partial charge in [-0.1, -0.05) is 30.3 Å². The van der Waals surface area contributed by atoms with Crippen molar-refractivity contribution >= 4 is 23.4 Å². The van der Waals surface area contributed by atoms with Crippen LogP contribution in [0.15, 0.2) is 47.4 Å². The highest BCUT2D eigenvalue weighted by Crippen LogP contribution is 2.34. The maximum Gasteiger partial charge on any atom is 0.398 e. The van der Waals surface area contributed by atoms with E-state index < -0.39 is 17.7 Å². The Bertz CT molecular complexity index is 865. The molecule has 0 aliphatic carbocycles. The predicted molar refractivity (Wildman–Crippen MR) is 111 cm³/mol. The third kappa shape index (κ3) is 6.14. The molecule has 30 heavy (non-hydrogen) atoms. The van der Waals surface area contributed by atoms with Gasteiger partial charge < -0.3 is 9.80 Å². The van der Waals surface area contributed by atoms with Gasteiger partial charge in [0, 0.05) is 37.5 Å². The minimum Gasteiger partial charge on any atom is -0.366 e. The lowest BCUT2D eigenvalue weighted by atomic mass is 10.1. The average molecular weight is 441 g/mol. The molecule has 2 aromatic rings. The van der Waals surface area contributed by atoms with Crippen LogP contribution in [0.1, 0.15) is 17.5 Å². The summed E-state index contributed by atoms with van der Waals surface area (Å²) in [5, 5.41) is 0. The molecule has 162 valence electrons. The van der Waals surface area contributed by atoms with Gasteiger partial charge in [-0.25, -0.2) is 4.39 Å². The quantitative estimate of drug-likeness (QED) is 0.463. The van der Waals surface area contributed by atoms with Crippen molar-refractivity contribution in [2.45, 2.75) is 30.8 Å². The van der Waals surface area contributed by atoms with Crippen LogP contribution in [0.3, 0.4) is 0 Å². The summed E-state index contributed by atoms with van der Waals surface area (Å²) in [5.41, 5.74) is 1.89. The summed E-state index contributed by atoms with van der Waals surface area (Å²) < 4.78 is 52.2. The molecular weight excluding hydrogens is 416 g/mol. The monoisotopic (exact) mass is 440 g/mol. The molecule has 3 rings (SSSR count). The molecule has 0 bridgehead atoms. The Morgan fingerprint density at radius 1 is 1.07 bits per heavy atom. The summed E-state index contributed by atoms with van der Waals surface area (Å²) in [5.74, 6) is -1.40. The highest BCUT2D eigenvalue weighted by molar-refractivity contribution is 7.99. The van der Waals surface area contributed by atoms with E-state index in [1.165, 1.54) is 12.1 Å². The highest BCUT2D eigenvalue weighted by atomic mass is 32.2. The number of aryl methyl sites for hydroxylation is 2. The first-order valence-corrected chi connectivity index (χ1v) is 10.8. The van der Waals surface area contributed by atoms with Gasteiger partial charge in [-0.05, 0) is 36.6 Å². The van der Waals surface area contributed by atoms with E-state index in [1.54, 1.807) is 16.7 Å². The first kappa shape index (κ1) is 22.5. The van der Waals surface area contributed by atoms with Crippen LogP contribution in [0.2, 0.25) is 0 Å². The summed E-state index contributed by atoms with van der Waals surface area (Å²) in [7, 11) is 0. The number of amides is 1. The third-order valence-electron chi connectivity index (χ3n) is 5.08. The number of nitrogens with zero attached hydrogens (tertiary/aromatic N) is 2. The van der Waals surface area contributed by atoms with Crippen LogP contribution in [0, 0.1) is 12.7 Å². The van der Waals surface area contributed by atoms with E-state index in [9.17, 15) is 22.4 Å². The predicted octanol–water partition coefficient (Wildman–Crippen LogP) is 5.07. The average Bonchev–Trinajstić information content (AvgIpc) is 2.71. The molecule has 3 nitrogen and oxygen atoms in total. The van der Waals surface area contributed by atoms with E-state index in [0.29, 0.717) is 66.9 Å². The van der Waals surface area contributed by atoms with Crippen LogP contribution in [0.4, 0.5) is 23.2 Å². The molecular formula is C22H24F4N2OS. The molecule has 8 heteroatoms. The summed E-state index contributed by atoms with van der Waals surface area (Å²) in [4.78, 5) is 16.5. The fourth-order valence-corrected chi connectivity index (χ4v) is 4.25. The maximum absolute atomic E-state index is 14.5. The van der Waals surface area contributed by atoms with Crippen molar-refractivity contribution in [2.24, 2.45) is 0 Å². The molecule has 0 aromatic heterocycles. The van der Waals surface area contributed by atoms with Gasteiger partial charge in [-0.3, -0.25) is 4.79 Å². The lowest BCUT2D eigenvalue weighted by molar-refractivity contribution is -0.131. The van der Waals surface area contributed by atoms with E-state index in [0.717, 1.165) is 5.56 Å². The lowest BCUT2D eigenvalue weighted by Gasteiger charge is -2.36. The Hall–Kier alpha value is -2.22. The van der Waals surface area contributed by atoms with E-state index in [-0.39, 0.29) is 5.91 Å². The Kier molecular flexibility index (Phi) is 7.28. The number of piperazine rings is 1. The fourth-order valence-electron chi connectivity index (χ4n) is 3.45. The van der Waals surface area contributed by atoms with Gasteiger partial charge in [0.1, 0.15) is 5.82 Å². The molecule has 1 heterocycles. The number of anilines is 1. The Morgan fingerprint density at radius 3 is 2.37 bits per heavy atom. The van der Waals surface area contributed by atoms with Crippen LogP contribution >= 0.6 is 11.8 Å². The zero-order chi connectivity index (χ0) is 21.7. The second-order valence-electron chi connectivity index (χ2n) is 7.33. The number of thioether (sulfide) groups is 1. The van der Waals surface area contributed by atoms with Gasteiger partial charge in [0.15, 0.2) is 0 Å². The second kappa shape index (κ2) is 9.73. The van der Waals surface area contributed by atoms with Gasteiger partial charge in [-0.15, -0.1) is 11.8 Å². The van der Waals surface area contributed by atoms with Crippen molar-refractivity contribution in [1.82, 2.24) is 4.90 Å². The normalized spacial score (nSPS) is 14.8. The molecule has 0 spiro atoms. The second-order valence-corrected chi connectivity index (χ2v) is 8.34. The van der Waals surface area contributed by atoms with Gasteiger partial charge in [0.2, 0.25) is 5.91 Å². The molecule has 1 aliphatic heterocycles. The molecule has 0 saturated carbocycles. The van der Waals surface area contributed by atoms with Crippen LogP contribution in [-0.4, -0.2) is 48.9 Å². The van der Waals surface area contributed by atoms with Crippen LogP contribution in [0.5, 0.6) is 0 Å². The van der Waals surface area contributed by atoms with Crippen LogP contribution in [0.25, 0.3) is 0 Å². The Morgan fingerprint density at radius 2 is 1.73 bits per heavy atom. The molecule has 0 N–H and O–H groups in total. The molecule has 1 saturated heterocycles. The van der Waals surface area contributed by atoms with Gasteiger partial charge in [0.25, 0.3) is 0 Å². The summed E-state index contributed by atoms with van der Waals surface area (Å²) in [6, 6.07) is 12.6. The standard InChI is InChI=1S/C22H24F4N2OS/c1-16-13-18(23)19(14-20(16)30-15-22(24,25)26)27-9-11-28(12-10-27)21(29)8-7-17-5-3-2-4-6-17/h2-6,13-14H,7-12,15H2,1H3. The molecule has 0 atom stereocenters. The van der Waals surface area contributed by atoms with Crippen molar-refractivity contribution in [3.8, 4) is 0 Å². The van der Waals surface area contributed by atoms with E-state index in [2.05, 4.69) is 0 Å². The van der Waals surface area contributed by atoms with Gasteiger partial charge in [-0.2, -0.15) is 13.2 Å². The van der Waals surface area contributed by atoms with Crippen molar-refractivity contribution < 1.29 is 22.4 Å². The summed E-state index contributed by atoms with van der Waals surface area (Å²) in [6.07, 6.45) is -3.19. The van der Waals surface area contributed by atoms with Crippen molar-refractivity contribution in [1.29, 1.82) is 0 Å². The Labute approximate surface area is 178 Å². The van der Waals surface area contributed by atoms with E-state index >= 15 is 0 Å². The molecule has 1 amide bonds. The molecule has 0 unspecified atom stereocenters. The van der Waals surface area contributed by atoms with Crippen LogP contribution in [-0.2, 0) is 11.2 Å². The fraction of sp³-hybridized carbons (Fsp3) is 0.409. The van der Waals surface area contributed by atoms with E-state index in [4.69, 9.17) is 0 Å². The molecule has 0 radical (unpaired) electrons. The van der Waals surface area contributed by atoms with Crippen molar-refractivity contribution in [2.75, 3.05) is 36.8 Å². The first-order valence-electron chi connectivity index (χ1n) is 9.79. The zero-order valence-electron chi connectivity index (χ0n) is 16.7. The largest absolute Gasteiger partial charge is 0.398 e. The van der Waals surface area contributed by atoms with E-state index in [1.807, 2.05) is 30.3 Å². The van der Waals surface area contributed by atoms with Crippen molar-refractivity contribution in [3.63, 3.8) is 0 Å². The maximum atomic E-state index is 14.5. The molecule has 2 aromatic carbocycles. The SMILES string of the molecule is Cc1cc(F)c(N2CCN(C(=O)CCc3ccccc3)CC2)cc1SCC(F)(F)F. The smallest absolute Gasteiger partial charge is 0.366 e.